The molecule has 0 aliphatic heterocycles. The molecule has 7 nitrogen and oxygen atoms in total. The van der Waals surface area contributed by atoms with Gasteiger partial charge in [0.1, 0.15) is 6.54 Å². The lowest BCUT2D eigenvalue weighted by atomic mass is 9.88. The van der Waals surface area contributed by atoms with Gasteiger partial charge >= 0.3 is 0 Å². The standard InChI is InChI=1S/C19H18N4O3/c24-17(21-16-7-3-5-13-4-1-2-6-15(13)16)11-23-10-14(8-9-18(23)25)19-22-20-12-26-19/h1-2,4,6,8-10,12,16H,3,5,7,11H2,(H,21,24). The lowest BCUT2D eigenvalue weighted by Crippen LogP contribution is -2.35. The van der Waals surface area contributed by atoms with Crippen molar-refractivity contribution in [3.8, 4) is 11.5 Å². The van der Waals surface area contributed by atoms with Crippen LogP contribution in [0.15, 0.2) is 58.2 Å². The van der Waals surface area contributed by atoms with Gasteiger partial charge in [0.25, 0.3) is 5.56 Å². The summed E-state index contributed by atoms with van der Waals surface area (Å²) in [7, 11) is 0. The number of hydrogen-bond acceptors (Lipinski definition) is 5. The first kappa shape index (κ1) is 16.3. The summed E-state index contributed by atoms with van der Waals surface area (Å²) in [5.41, 5.74) is 2.78. The van der Waals surface area contributed by atoms with Crippen molar-refractivity contribution < 1.29 is 9.21 Å². The molecule has 2 heterocycles. The van der Waals surface area contributed by atoms with Crippen LogP contribution in [-0.4, -0.2) is 20.7 Å². The highest BCUT2D eigenvalue weighted by atomic mass is 16.4. The number of nitrogens with one attached hydrogen (secondary N) is 1. The Morgan fingerprint density at radius 2 is 2.15 bits per heavy atom. The van der Waals surface area contributed by atoms with Crippen molar-refractivity contribution >= 4 is 5.91 Å². The van der Waals surface area contributed by atoms with Crippen molar-refractivity contribution in [2.24, 2.45) is 0 Å². The van der Waals surface area contributed by atoms with Crippen LogP contribution in [0.3, 0.4) is 0 Å². The summed E-state index contributed by atoms with van der Waals surface area (Å²) in [4.78, 5) is 24.6. The molecule has 1 amide bonds. The van der Waals surface area contributed by atoms with Gasteiger partial charge in [-0.05, 0) is 36.5 Å². The molecule has 1 N–H and O–H groups in total. The Labute approximate surface area is 149 Å². The maximum atomic E-state index is 12.5. The fourth-order valence-electron chi connectivity index (χ4n) is 3.38. The number of rotatable bonds is 4. The quantitative estimate of drug-likeness (QED) is 0.778. The summed E-state index contributed by atoms with van der Waals surface area (Å²) in [6, 6.07) is 11.1. The van der Waals surface area contributed by atoms with Gasteiger partial charge < -0.3 is 14.3 Å². The molecule has 0 bridgehead atoms. The first-order valence-electron chi connectivity index (χ1n) is 8.55. The first-order chi connectivity index (χ1) is 12.7. The zero-order chi connectivity index (χ0) is 17.9. The number of fused-ring (bicyclic) bond motifs is 1. The number of pyridine rings is 1. The molecular weight excluding hydrogens is 332 g/mol. The monoisotopic (exact) mass is 350 g/mol. The lowest BCUT2D eigenvalue weighted by molar-refractivity contribution is -0.122. The molecule has 0 radical (unpaired) electrons. The Kier molecular flexibility index (Phi) is 4.35. The summed E-state index contributed by atoms with van der Waals surface area (Å²) in [5, 5.41) is 10.5. The molecule has 1 aliphatic rings. The molecule has 1 aromatic carbocycles. The fraction of sp³-hybridized carbons (Fsp3) is 0.263. The van der Waals surface area contributed by atoms with Gasteiger partial charge in [-0.15, -0.1) is 10.2 Å². The number of amides is 1. The second-order valence-corrected chi connectivity index (χ2v) is 6.34. The third kappa shape index (κ3) is 3.28. The van der Waals surface area contributed by atoms with E-state index in [1.54, 1.807) is 12.3 Å². The number of nitrogens with zero attached hydrogens (tertiary/aromatic N) is 3. The van der Waals surface area contributed by atoms with E-state index in [9.17, 15) is 9.59 Å². The van der Waals surface area contributed by atoms with Gasteiger partial charge in [0.15, 0.2) is 0 Å². The Bertz CT molecular complexity index is 978. The van der Waals surface area contributed by atoms with E-state index in [2.05, 4.69) is 27.6 Å². The van der Waals surface area contributed by atoms with Crippen LogP contribution in [0.1, 0.15) is 30.0 Å². The molecule has 4 rings (SSSR count). The van der Waals surface area contributed by atoms with Crippen LogP contribution in [0, 0.1) is 0 Å². The molecule has 1 atom stereocenters. The molecular formula is C19H18N4O3. The van der Waals surface area contributed by atoms with Crippen molar-refractivity contribution in [2.75, 3.05) is 0 Å². The SMILES string of the molecule is O=C(Cn1cc(-c2nnco2)ccc1=O)NC1CCCc2ccccc21. The molecule has 26 heavy (non-hydrogen) atoms. The second-order valence-electron chi connectivity index (χ2n) is 6.34. The Morgan fingerprint density at radius 3 is 3.00 bits per heavy atom. The number of carbonyl (C=O) groups excluding carboxylic acids is 1. The molecule has 2 aromatic heterocycles. The van der Waals surface area contributed by atoms with E-state index in [1.807, 2.05) is 12.1 Å². The summed E-state index contributed by atoms with van der Waals surface area (Å²) in [5.74, 6) is 0.108. The summed E-state index contributed by atoms with van der Waals surface area (Å²) in [6.07, 6.45) is 5.75. The predicted octanol–water partition coefficient (Wildman–Crippen LogP) is 2.09. The maximum Gasteiger partial charge on any atom is 0.251 e. The predicted molar refractivity (Wildman–Crippen MR) is 94.3 cm³/mol. The largest absolute Gasteiger partial charge is 0.423 e. The van der Waals surface area contributed by atoms with Gasteiger partial charge in [-0.25, -0.2) is 0 Å². The number of benzene rings is 1. The minimum Gasteiger partial charge on any atom is -0.423 e. The molecule has 3 aromatic rings. The number of aryl methyl sites for hydroxylation is 1. The molecule has 0 saturated carbocycles. The summed E-state index contributed by atoms with van der Waals surface area (Å²) >= 11 is 0. The normalized spacial score (nSPS) is 16.1. The van der Waals surface area contributed by atoms with E-state index >= 15 is 0 Å². The van der Waals surface area contributed by atoms with Crippen molar-refractivity contribution in [3.05, 3.63) is 70.5 Å². The van der Waals surface area contributed by atoms with Crippen LogP contribution in [-0.2, 0) is 17.8 Å². The molecule has 1 aliphatic carbocycles. The van der Waals surface area contributed by atoms with Gasteiger partial charge in [-0.3, -0.25) is 9.59 Å². The van der Waals surface area contributed by atoms with Gasteiger partial charge in [0.05, 0.1) is 11.6 Å². The zero-order valence-electron chi connectivity index (χ0n) is 14.1. The fourth-order valence-corrected chi connectivity index (χ4v) is 3.38. The zero-order valence-corrected chi connectivity index (χ0v) is 14.1. The van der Waals surface area contributed by atoms with Crippen LogP contribution in [0.4, 0.5) is 0 Å². The van der Waals surface area contributed by atoms with Gasteiger partial charge in [-0.2, -0.15) is 0 Å². The molecule has 7 heteroatoms. The number of carbonyl (C=O) groups is 1. The van der Waals surface area contributed by atoms with E-state index in [1.165, 1.54) is 28.2 Å². The van der Waals surface area contributed by atoms with E-state index < -0.39 is 0 Å². The molecule has 1 unspecified atom stereocenters. The highest BCUT2D eigenvalue weighted by Gasteiger charge is 2.21. The Hall–Kier alpha value is -3.22. The first-order valence-corrected chi connectivity index (χ1v) is 8.55. The van der Waals surface area contributed by atoms with Crippen molar-refractivity contribution in [1.82, 2.24) is 20.1 Å². The Morgan fingerprint density at radius 1 is 1.27 bits per heavy atom. The summed E-state index contributed by atoms with van der Waals surface area (Å²) in [6.45, 7) is -0.0561. The van der Waals surface area contributed by atoms with E-state index in [0.29, 0.717) is 11.5 Å². The average molecular weight is 350 g/mol. The highest BCUT2D eigenvalue weighted by Crippen LogP contribution is 2.29. The number of aromatic nitrogens is 3. The van der Waals surface area contributed by atoms with Crippen LogP contribution < -0.4 is 10.9 Å². The van der Waals surface area contributed by atoms with Crippen molar-refractivity contribution in [3.63, 3.8) is 0 Å². The number of hydrogen-bond donors (Lipinski definition) is 1. The van der Waals surface area contributed by atoms with Crippen LogP contribution in [0.2, 0.25) is 0 Å². The minimum atomic E-state index is -0.257. The second kappa shape index (κ2) is 6.95. The van der Waals surface area contributed by atoms with Crippen LogP contribution >= 0.6 is 0 Å². The van der Waals surface area contributed by atoms with E-state index in [4.69, 9.17) is 4.42 Å². The lowest BCUT2D eigenvalue weighted by Gasteiger charge is -2.26. The molecule has 132 valence electrons. The van der Waals surface area contributed by atoms with E-state index in [0.717, 1.165) is 19.3 Å². The molecule has 0 spiro atoms. The minimum absolute atomic E-state index is 0.0118. The smallest absolute Gasteiger partial charge is 0.251 e. The van der Waals surface area contributed by atoms with Crippen molar-refractivity contribution in [1.29, 1.82) is 0 Å². The molecule has 0 saturated heterocycles. The van der Waals surface area contributed by atoms with Gasteiger partial charge in [-0.1, -0.05) is 24.3 Å². The average Bonchev–Trinajstić information content (AvgIpc) is 3.18. The maximum absolute atomic E-state index is 12.5. The van der Waals surface area contributed by atoms with E-state index in [-0.39, 0.29) is 24.1 Å². The van der Waals surface area contributed by atoms with Crippen LogP contribution in [0.5, 0.6) is 0 Å². The third-order valence-electron chi connectivity index (χ3n) is 4.61. The van der Waals surface area contributed by atoms with Gasteiger partial charge in [0.2, 0.25) is 18.2 Å². The molecule has 0 fully saturated rings. The van der Waals surface area contributed by atoms with Crippen LogP contribution in [0.25, 0.3) is 11.5 Å². The van der Waals surface area contributed by atoms with Crippen molar-refractivity contribution in [2.45, 2.75) is 31.8 Å². The summed E-state index contributed by atoms with van der Waals surface area (Å²) < 4.78 is 6.49. The highest BCUT2D eigenvalue weighted by molar-refractivity contribution is 5.76. The Balaban J connectivity index is 1.51. The third-order valence-corrected chi connectivity index (χ3v) is 4.61. The van der Waals surface area contributed by atoms with Gasteiger partial charge in [0, 0.05) is 12.3 Å². The topological polar surface area (TPSA) is 90.0 Å².